The zero-order valence-corrected chi connectivity index (χ0v) is 10.9. The highest BCUT2D eigenvalue weighted by molar-refractivity contribution is 4.82. The van der Waals surface area contributed by atoms with Crippen molar-refractivity contribution >= 4 is 0 Å². The normalized spacial score (nSPS) is 33.2. The maximum absolute atomic E-state index is 5.40. The Morgan fingerprint density at radius 2 is 1.44 bits per heavy atom. The van der Waals surface area contributed by atoms with E-state index in [0.717, 1.165) is 37.1 Å². The van der Waals surface area contributed by atoms with E-state index in [0.29, 0.717) is 0 Å². The van der Waals surface area contributed by atoms with Gasteiger partial charge in [-0.05, 0) is 50.4 Å². The van der Waals surface area contributed by atoms with Gasteiger partial charge in [-0.3, -0.25) is 0 Å². The van der Waals surface area contributed by atoms with E-state index in [2.05, 4.69) is 19.2 Å². The molecule has 1 N–H and O–H groups in total. The van der Waals surface area contributed by atoms with Crippen molar-refractivity contribution < 1.29 is 4.74 Å². The Balaban J connectivity index is 1.68. The summed E-state index contributed by atoms with van der Waals surface area (Å²) in [5.74, 6) is 1.86. The maximum Gasteiger partial charge on any atom is 0.0480 e. The molecule has 0 atom stereocenters. The second kappa shape index (κ2) is 6.02. The average Bonchev–Trinajstić information content (AvgIpc) is 2.31. The predicted molar refractivity (Wildman–Crippen MR) is 67.6 cm³/mol. The highest BCUT2D eigenvalue weighted by atomic mass is 16.5. The molecule has 2 nitrogen and oxygen atoms in total. The van der Waals surface area contributed by atoms with Crippen molar-refractivity contribution in [3.8, 4) is 0 Å². The van der Waals surface area contributed by atoms with Gasteiger partial charge in [-0.2, -0.15) is 0 Å². The smallest absolute Gasteiger partial charge is 0.0480 e. The van der Waals surface area contributed by atoms with E-state index in [4.69, 9.17) is 4.74 Å². The van der Waals surface area contributed by atoms with Crippen LogP contribution in [0, 0.1) is 11.8 Å². The molecule has 0 spiro atoms. The molecule has 0 aromatic carbocycles. The molecule has 0 amide bonds. The van der Waals surface area contributed by atoms with Crippen LogP contribution < -0.4 is 5.32 Å². The van der Waals surface area contributed by atoms with Crippen molar-refractivity contribution in [2.75, 3.05) is 13.2 Å². The molecule has 1 saturated heterocycles. The second-order valence-corrected chi connectivity index (χ2v) is 5.91. The van der Waals surface area contributed by atoms with E-state index >= 15 is 0 Å². The monoisotopic (exact) mass is 225 g/mol. The predicted octanol–water partition coefficient (Wildman–Crippen LogP) is 2.97. The maximum atomic E-state index is 5.40. The van der Waals surface area contributed by atoms with Crippen LogP contribution in [-0.4, -0.2) is 25.3 Å². The Kier molecular flexibility index (Phi) is 4.66. The van der Waals surface area contributed by atoms with Crippen LogP contribution in [0.4, 0.5) is 0 Å². The molecule has 0 bridgehead atoms. The van der Waals surface area contributed by atoms with Crippen LogP contribution in [0.5, 0.6) is 0 Å². The minimum Gasteiger partial charge on any atom is -0.381 e. The first-order valence-electron chi connectivity index (χ1n) is 7.09. The molecular weight excluding hydrogens is 198 g/mol. The quantitative estimate of drug-likeness (QED) is 0.797. The SMILES string of the molecule is CC(C)[C@H]1CC[C@H](NC2CCOCC2)CC1. The lowest BCUT2D eigenvalue weighted by molar-refractivity contribution is 0.0716. The number of rotatable bonds is 3. The molecule has 16 heavy (non-hydrogen) atoms. The minimum atomic E-state index is 0.731. The zero-order valence-electron chi connectivity index (χ0n) is 10.9. The topological polar surface area (TPSA) is 21.3 Å². The fourth-order valence-corrected chi connectivity index (χ4v) is 3.15. The Morgan fingerprint density at radius 3 is 2.00 bits per heavy atom. The average molecular weight is 225 g/mol. The number of nitrogens with one attached hydrogen (secondary N) is 1. The number of hydrogen-bond donors (Lipinski definition) is 1. The van der Waals surface area contributed by atoms with E-state index in [1.807, 2.05) is 0 Å². The summed E-state index contributed by atoms with van der Waals surface area (Å²) in [6, 6.07) is 1.52. The van der Waals surface area contributed by atoms with Crippen LogP contribution in [0.2, 0.25) is 0 Å². The summed E-state index contributed by atoms with van der Waals surface area (Å²) in [5.41, 5.74) is 0. The molecule has 94 valence electrons. The van der Waals surface area contributed by atoms with Gasteiger partial charge < -0.3 is 10.1 Å². The lowest BCUT2D eigenvalue weighted by Crippen LogP contribution is -2.43. The van der Waals surface area contributed by atoms with Crippen molar-refractivity contribution in [2.45, 2.75) is 64.5 Å². The lowest BCUT2D eigenvalue weighted by atomic mass is 9.79. The Morgan fingerprint density at radius 1 is 0.875 bits per heavy atom. The summed E-state index contributed by atoms with van der Waals surface area (Å²) in [6.07, 6.45) is 8.06. The summed E-state index contributed by atoms with van der Waals surface area (Å²) < 4.78 is 5.40. The fourth-order valence-electron chi connectivity index (χ4n) is 3.15. The van der Waals surface area contributed by atoms with Crippen molar-refractivity contribution in [3.63, 3.8) is 0 Å². The molecule has 0 aromatic rings. The molecule has 0 radical (unpaired) electrons. The van der Waals surface area contributed by atoms with E-state index in [9.17, 15) is 0 Å². The molecule has 1 aliphatic heterocycles. The summed E-state index contributed by atoms with van der Waals surface area (Å²) >= 11 is 0. The van der Waals surface area contributed by atoms with E-state index < -0.39 is 0 Å². The second-order valence-electron chi connectivity index (χ2n) is 5.91. The van der Waals surface area contributed by atoms with Gasteiger partial charge in [0.2, 0.25) is 0 Å². The van der Waals surface area contributed by atoms with Gasteiger partial charge in [0.1, 0.15) is 0 Å². The number of ether oxygens (including phenoxy) is 1. The lowest BCUT2D eigenvalue weighted by Gasteiger charge is -2.34. The molecule has 2 heteroatoms. The molecular formula is C14H27NO. The van der Waals surface area contributed by atoms with Crippen molar-refractivity contribution in [3.05, 3.63) is 0 Å². The Bertz CT molecular complexity index is 191. The van der Waals surface area contributed by atoms with E-state index in [1.54, 1.807) is 0 Å². The van der Waals surface area contributed by atoms with Crippen molar-refractivity contribution in [2.24, 2.45) is 11.8 Å². The van der Waals surface area contributed by atoms with Crippen LogP contribution in [0.3, 0.4) is 0 Å². The molecule has 1 aliphatic carbocycles. The molecule has 1 heterocycles. The van der Waals surface area contributed by atoms with Gasteiger partial charge in [0.15, 0.2) is 0 Å². The molecule has 2 aliphatic rings. The van der Waals surface area contributed by atoms with Gasteiger partial charge in [0.25, 0.3) is 0 Å². The van der Waals surface area contributed by atoms with Crippen LogP contribution in [0.1, 0.15) is 52.4 Å². The van der Waals surface area contributed by atoms with Gasteiger partial charge in [-0.1, -0.05) is 13.8 Å². The number of hydrogen-bond acceptors (Lipinski definition) is 2. The minimum absolute atomic E-state index is 0.731. The molecule has 2 fully saturated rings. The van der Waals surface area contributed by atoms with Gasteiger partial charge in [-0.15, -0.1) is 0 Å². The third-order valence-corrected chi connectivity index (χ3v) is 4.41. The zero-order chi connectivity index (χ0) is 11.4. The first kappa shape index (κ1) is 12.4. The highest BCUT2D eigenvalue weighted by Crippen LogP contribution is 2.30. The highest BCUT2D eigenvalue weighted by Gasteiger charge is 2.25. The first-order chi connectivity index (χ1) is 7.75. The first-order valence-corrected chi connectivity index (χ1v) is 7.09. The van der Waals surface area contributed by atoms with E-state index in [-0.39, 0.29) is 0 Å². The van der Waals surface area contributed by atoms with Crippen LogP contribution in [0.25, 0.3) is 0 Å². The fraction of sp³-hybridized carbons (Fsp3) is 1.00. The molecule has 0 aromatic heterocycles. The standard InChI is InChI=1S/C14H27NO/c1-11(2)12-3-5-13(6-4-12)15-14-7-9-16-10-8-14/h11-15H,3-10H2,1-2H3/t12-,13-. The van der Waals surface area contributed by atoms with Crippen LogP contribution >= 0.6 is 0 Å². The molecule has 2 rings (SSSR count). The van der Waals surface area contributed by atoms with Gasteiger partial charge in [0, 0.05) is 25.3 Å². The summed E-state index contributed by atoms with van der Waals surface area (Å²) in [4.78, 5) is 0. The van der Waals surface area contributed by atoms with Gasteiger partial charge >= 0.3 is 0 Å². The van der Waals surface area contributed by atoms with Gasteiger partial charge in [-0.25, -0.2) is 0 Å². The summed E-state index contributed by atoms with van der Waals surface area (Å²) in [7, 11) is 0. The third-order valence-electron chi connectivity index (χ3n) is 4.41. The third kappa shape index (κ3) is 3.46. The molecule has 1 saturated carbocycles. The van der Waals surface area contributed by atoms with Crippen LogP contribution in [-0.2, 0) is 4.74 Å². The summed E-state index contributed by atoms with van der Waals surface area (Å²) in [5, 5.41) is 3.84. The Hall–Kier alpha value is -0.0800. The summed E-state index contributed by atoms with van der Waals surface area (Å²) in [6.45, 7) is 6.66. The van der Waals surface area contributed by atoms with Gasteiger partial charge in [0.05, 0.1) is 0 Å². The molecule has 0 unspecified atom stereocenters. The van der Waals surface area contributed by atoms with Crippen LogP contribution in [0.15, 0.2) is 0 Å². The Labute approximate surface area is 100 Å². The van der Waals surface area contributed by atoms with Crippen molar-refractivity contribution in [1.29, 1.82) is 0 Å². The largest absolute Gasteiger partial charge is 0.381 e. The van der Waals surface area contributed by atoms with Crippen molar-refractivity contribution in [1.82, 2.24) is 5.32 Å². The van der Waals surface area contributed by atoms with E-state index in [1.165, 1.54) is 38.5 Å².